The van der Waals surface area contributed by atoms with Gasteiger partial charge in [0, 0.05) is 20.1 Å². The fourth-order valence-electron chi connectivity index (χ4n) is 1.75. The lowest BCUT2D eigenvalue weighted by molar-refractivity contribution is 0.0475. The molecule has 0 amide bonds. The monoisotopic (exact) mass is 266 g/mol. The van der Waals surface area contributed by atoms with Crippen LogP contribution in [-0.4, -0.2) is 38.1 Å². The molecule has 0 aromatic heterocycles. The lowest BCUT2D eigenvalue weighted by Gasteiger charge is -2.12. The van der Waals surface area contributed by atoms with Gasteiger partial charge >= 0.3 is 0 Å². The third-order valence-electron chi connectivity index (χ3n) is 3.06. The summed E-state index contributed by atoms with van der Waals surface area (Å²) in [6.45, 7) is 1.69. The molecule has 1 saturated carbocycles. The first-order chi connectivity index (χ1) is 9.29. The smallest absolute Gasteiger partial charge is 0.119 e. The molecule has 1 aromatic carbocycles. The summed E-state index contributed by atoms with van der Waals surface area (Å²) in [5.74, 6) is 0.884. The molecule has 4 nitrogen and oxygen atoms in total. The third kappa shape index (κ3) is 5.19. The topological polar surface area (TPSA) is 47.9 Å². The Balaban J connectivity index is 1.70. The van der Waals surface area contributed by atoms with E-state index < -0.39 is 6.10 Å². The fourth-order valence-corrected chi connectivity index (χ4v) is 1.75. The molecule has 0 bridgehead atoms. The van der Waals surface area contributed by atoms with E-state index in [9.17, 15) is 5.11 Å². The van der Waals surface area contributed by atoms with Gasteiger partial charge in [-0.2, -0.15) is 0 Å². The standard InChI is InChI=1S/C15H22O4/c1-17-10-11-18-9-8-15(16)12-2-4-13(5-3-12)19-14-6-7-14/h2-5,14-16H,6-11H2,1H3. The van der Waals surface area contributed by atoms with E-state index in [1.165, 1.54) is 0 Å². The van der Waals surface area contributed by atoms with Gasteiger partial charge in [0.1, 0.15) is 5.75 Å². The van der Waals surface area contributed by atoms with Gasteiger partial charge in [-0.25, -0.2) is 0 Å². The summed E-state index contributed by atoms with van der Waals surface area (Å²) >= 11 is 0. The first kappa shape index (κ1) is 14.3. The van der Waals surface area contributed by atoms with Crippen molar-refractivity contribution in [2.75, 3.05) is 26.9 Å². The summed E-state index contributed by atoms with van der Waals surface area (Å²) in [5, 5.41) is 10.0. The van der Waals surface area contributed by atoms with Crippen molar-refractivity contribution in [1.82, 2.24) is 0 Å². The number of aliphatic hydroxyl groups is 1. The van der Waals surface area contributed by atoms with Gasteiger partial charge in [-0.15, -0.1) is 0 Å². The van der Waals surface area contributed by atoms with E-state index in [1.54, 1.807) is 7.11 Å². The summed E-state index contributed by atoms with van der Waals surface area (Å²) in [5.41, 5.74) is 0.901. The van der Waals surface area contributed by atoms with Crippen molar-refractivity contribution in [2.45, 2.75) is 31.5 Å². The molecule has 1 aromatic rings. The summed E-state index contributed by atoms with van der Waals surface area (Å²) in [6, 6.07) is 7.67. The van der Waals surface area contributed by atoms with Gasteiger partial charge in [-0.1, -0.05) is 12.1 Å². The van der Waals surface area contributed by atoms with Crippen molar-refractivity contribution in [3.63, 3.8) is 0 Å². The number of ether oxygens (including phenoxy) is 3. The Kier molecular flexibility index (Phi) is 5.63. The van der Waals surface area contributed by atoms with Crippen molar-refractivity contribution in [3.05, 3.63) is 29.8 Å². The molecule has 1 fully saturated rings. The minimum Gasteiger partial charge on any atom is -0.490 e. The highest BCUT2D eigenvalue weighted by Gasteiger charge is 2.23. The minimum absolute atomic E-state index is 0.407. The molecular formula is C15H22O4. The highest BCUT2D eigenvalue weighted by molar-refractivity contribution is 5.29. The van der Waals surface area contributed by atoms with Crippen LogP contribution in [-0.2, 0) is 9.47 Å². The number of methoxy groups -OCH3 is 1. The van der Waals surface area contributed by atoms with Crippen LogP contribution in [0, 0.1) is 0 Å². The molecular weight excluding hydrogens is 244 g/mol. The zero-order valence-corrected chi connectivity index (χ0v) is 11.4. The molecule has 1 N–H and O–H groups in total. The van der Waals surface area contributed by atoms with Crippen molar-refractivity contribution in [2.24, 2.45) is 0 Å². The van der Waals surface area contributed by atoms with Gasteiger partial charge < -0.3 is 19.3 Å². The second-order valence-electron chi connectivity index (χ2n) is 4.80. The first-order valence-corrected chi connectivity index (χ1v) is 6.81. The molecule has 0 saturated heterocycles. The van der Waals surface area contributed by atoms with Crippen LogP contribution in [0.2, 0.25) is 0 Å². The lowest BCUT2D eigenvalue weighted by Crippen LogP contribution is -2.07. The van der Waals surface area contributed by atoms with Crippen LogP contribution in [0.4, 0.5) is 0 Å². The van der Waals surface area contributed by atoms with Crippen LogP contribution in [0.25, 0.3) is 0 Å². The quantitative estimate of drug-likeness (QED) is 0.697. The van der Waals surface area contributed by atoms with E-state index in [-0.39, 0.29) is 0 Å². The van der Waals surface area contributed by atoms with Crippen molar-refractivity contribution < 1.29 is 19.3 Å². The van der Waals surface area contributed by atoms with Gasteiger partial charge in [-0.05, 0) is 30.5 Å². The molecule has 1 unspecified atom stereocenters. The molecule has 0 spiro atoms. The van der Waals surface area contributed by atoms with E-state index in [4.69, 9.17) is 14.2 Å². The number of benzene rings is 1. The number of hydrogen-bond donors (Lipinski definition) is 1. The Morgan fingerprint density at radius 3 is 2.53 bits per heavy atom. The summed E-state index contributed by atoms with van der Waals surface area (Å²) in [6.07, 6.45) is 2.82. The number of aliphatic hydroxyl groups excluding tert-OH is 1. The Morgan fingerprint density at radius 2 is 1.89 bits per heavy atom. The molecule has 0 heterocycles. The third-order valence-corrected chi connectivity index (χ3v) is 3.06. The molecule has 1 aliphatic rings. The van der Waals surface area contributed by atoms with E-state index in [0.717, 1.165) is 24.2 Å². The number of rotatable bonds is 9. The summed E-state index contributed by atoms with van der Waals surface area (Å²) in [7, 11) is 1.64. The van der Waals surface area contributed by atoms with Gasteiger partial charge in [0.15, 0.2) is 0 Å². The van der Waals surface area contributed by atoms with Crippen LogP contribution in [0.1, 0.15) is 30.9 Å². The van der Waals surface area contributed by atoms with E-state index in [2.05, 4.69) is 0 Å². The average molecular weight is 266 g/mol. The highest BCUT2D eigenvalue weighted by atomic mass is 16.5. The first-order valence-electron chi connectivity index (χ1n) is 6.81. The van der Waals surface area contributed by atoms with Crippen LogP contribution in [0.3, 0.4) is 0 Å². The molecule has 0 aliphatic heterocycles. The molecule has 106 valence electrons. The van der Waals surface area contributed by atoms with Crippen molar-refractivity contribution >= 4 is 0 Å². The Labute approximate surface area is 114 Å². The van der Waals surface area contributed by atoms with Gasteiger partial charge in [-0.3, -0.25) is 0 Å². The van der Waals surface area contributed by atoms with E-state index in [0.29, 0.717) is 32.3 Å². The largest absolute Gasteiger partial charge is 0.490 e. The second-order valence-corrected chi connectivity index (χ2v) is 4.80. The summed E-state index contributed by atoms with van der Waals surface area (Å²) < 4.78 is 15.9. The molecule has 1 atom stereocenters. The van der Waals surface area contributed by atoms with Crippen LogP contribution in [0.15, 0.2) is 24.3 Å². The van der Waals surface area contributed by atoms with E-state index in [1.807, 2.05) is 24.3 Å². The zero-order valence-electron chi connectivity index (χ0n) is 11.4. The fraction of sp³-hybridized carbons (Fsp3) is 0.600. The zero-order chi connectivity index (χ0) is 13.5. The highest BCUT2D eigenvalue weighted by Crippen LogP contribution is 2.27. The van der Waals surface area contributed by atoms with Crippen LogP contribution >= 0.6 is 0 Å². The predicted octanol–water partition coefficient (Wildman–Crippen LogP) is 2.31. The minimum atomic E-state index is -0.488. The normalized spacial score (nSPS) is 16.3. The molecule has 4 heteroatoms. The number of hydrogen-bond acceptors (Lipinski definition) is 4. The van der Waals surface area contributed by atoms with Crippen molar-refractivity contribution in [1.29, 1.82) is 0 Å². The maximum Gasteiger partial charge on any atom is 0.119 e. The maximum absolute atomic E-state index is 10.0. The van der Waals surface area contributed by atoms with Crippen molar-refractivity contribution in [3.8, 4) is 5.75 Å². The van der Waals surface area contributed by atoms with Gasteiger partial charge in [0.25, 0.3) is 0 Å². The lowest BCUT2D eigenvalue weighted by atomic mass is 10.1. The molecule has 19 heavy (non-hydrogen) atoms. The van der Waals surface area contributed by atoms with E-state index >= 15 is 0 Å². The second kappa shape index (κ2) is 7.48. The van der Waals surface area contributed by atoms with Crippen LogP contribution in [0.5, 0.6) is 5.75 Å². The summed E-state index contributed by atoms with van der Waals surface area (Å²) in [4.78, 5) is 0. The maximum atomic E-state index is 10.0. The predicted molar refractivity (Wildman–Crippen MR) is 72.4 cm³/mol. The molecule has 2 rings (SSSR count). The SMILES string of the molecule is COCCOCCC(O)c1ccc(OC2CC2)cc1. The molecule has 0 radical (unpaired) electrons. The van der Waals surface area contributed by atoms with Crippen LogP contribution < -0.4 is 4.74 Å². The Bertz CT molecular complexity index is 359. The molecule has 1 aliphatic carbocycles. The average Bonchev–Trinajstić information content (AvgIpc) is 3.23. The van der Waals surface area contributed by atoms with Gasteiger partial charge in [0.05, 0.1) is 25.4 Å². The Hall–Kier alpha value is -1.10. The van der Waals surface area contributed by atoms with Gasteiger partial charge in [0.2, 0.25) is 0 Å². The Morgan fingerprint density at radius 1 is 1.16 bits per heavy atom.